The second-order valence-corrected chi connectivity index (χ2v) is 20.7. The highest BCUT2D eigenvalue weighted by Crippen LogP contribution is 2.16. The Balaban J connectivity index is 3.48. The number of hydrogen-bond acceptors (Lipinski definition) is 5. The summed E-state index contributed by atoms with van der Waals surface area (Å²) in [6, 6.07) is -0.641. The van der Waals surface area contributed by atoms with Gasteiger partial charge in [0.25, 0.3) is 0 Å². The van der Waals surface area contributed by atoms with Crippen LogP contribution in [0.15, 0.2) is 48.6 Å². The van der Waals surface area contributed by atoms with Crippen molar-refractivity contribution < 1.29 is 24.5 Å². The maximum absolute atomic E-state index is 12.5. The number of carbonyl (C=O) groups excluding carboxylic acids is 2. The van der Waals surface area contributed by atoms with Crippen LogP contribution >= 0.6 is 0 Å². The number of esters is 1. The fourth-order valence-electron chi connectivity index (χ4n) is 9.13. The van der Waals surface area contributed by atoms with Crippen LogP contribution in [0.3, 0.4) is 0 Å². The van der Waals surface area contributed by atoms with Crippen molar-refractivity contribution in [1.82, 2.24) is 5.32 Å². The van der Waals surface area contributed by atoms with Crippen LogP contribution < -0.4 is 5.32 Å². The Hall–Kier alpha value is -2.18. The summed E-state index contributed by atoms with van der Waals surface area (Å²) in [5.41, 5.74) is 0. The van der Waals surface area contributed by atoms with Crippen molar-refractivity contribution in [3.05, 3.63) is 48.6 Å². The third-order valence-electron chi connectivity index (χ3n) is 13.8. The van der Waals surface area contributed by atoms with E-state index in [9.17, 15) is 19.8 Å². The van der Waals surface area contributed by atoms with E-state index in [2.05, 4.69) is 55.6 Å². The van der Waals surface area contributed by atoms with Crippen LogP contribution in [0, 0.1) is 0 Å². The molecule has 6 nitrogen and oxygen atoms in total. The van der Waals surface area contributed by atoms with E-state index in [0.29, 0.717) is 19.4 Å². The predicted molar refractivity (Wildman–Crippen MR) is 301 cm³/mol. The van der Waals surface area contributed by atoms with Gasteiger partial charge in [-0.15, -0.1) is 0 Å². The molecule has 3 N–H and O–H groups in total. The van der Waals surface area contributed by atoms with Crippen molar-refractivity contribution in [2.75, 3.05) is 13.2 Å². The molecule has 0 rings (SSSR count). The maximum atomic E-state index is 12.5. The molecule has 0 aliphatic rings. The highest BCUT2D eigenvalue weighted by molar-refractivity contribution is 5.76. The molecule has 0 aromatic rings. The average molecular weight is 969 g/mol. The molecule has 1 amide bonds. The van der Waals surface area contributed by atoms with Gasteiger partial charge in [-0.3, -0.25) is 9.59 Å². The van der Waals surface area contributed by atoms with E-state index in [0.717, 1.165) is 70.6 Å². The van der Waals surface area contributed by atoms with Crippen molar-refractivity contribution in [3.63, 3.8) is 0 Å². The Bertz CT molecular complexity index is 1160. The summed E-state index contributed by atoms with van der Waals surface area (Å²) >= 11 is 0. The molecule has 6 heteroatoms. The molecule has 2 unspecified atom stereocenters. The number of hydrogen-bond donors (Lipinski definition) is 3. The van der Waals surface area contributed by atoms with Gasteiger partial charge in [0.15, 0.2) is 0 Å². The van der Waals surface area contributed by atoms with E-state index in [1.54, 1.807) is 6.08 Å². The molecule has 0 aromatic carbocycles. The highest BCUT2D eigenvalue weighted by atomic mass is 16.5. The van der Waals surface area contributed by atoms with Gasteiger partial charge in [-0.1, -0.05) is 262 Å². The van der Waals surface area contributed by atoms with Gasteiger partial charge >= 0.3 is 5.97 Å². The van der Waals surface area contributed by atoms with Crippen LogP contribution in [-0.4, -0.2) is 47.4 Å². The third-order valence-corrected chi connectivity index (χ3v) is 13.8. The predicted octanol–water partition coefficient (Wildman–Crippen LogP) is 19.0. The van der Waals surface area contributed by atoms with Crippen molar-refractivity contribution >= 4 is 11.9 Å². The first-order valence-corrected chi connectivity index (χ1v) is 30.4. The summed E-state index contributed by atoms with van der Waals surface area (Å²) in [5.74, 6) is -0.0922. The molecule has 69 heavy (non-hydrogen) atoms. The van der Waals surface area contributed by atoms with E-state index in [-0.39, 0.29) is 18.5 Å². The lowest BCUT2D eigenvalue weighted by Crippen LogP contribution is -2.45. The Morgan fingerprint density at radius 1 is 0.406 bits per heavy atom. The Morgan fingerprint density at radius 3 is 1.14 bits per heavy atom. The lowest BCUT2D eigenvalue weighted by Gasteiger charge is -2.20. The molecule has 0 bridgehead atoms. The van der Waals surface area contributed by atoms with Gasteiger partial charge in [0.1, 0.15) is 0 Å². The SMILES string of the molecule is CCCCC/C=C\C/C=C\CCCCCCCCCCCC(=O)OCCCCCCCCC/C=C\CCCCCCCC(=O)NC(CO)C(O)/C=C/CCCCCCCCCCCCCCCCC. The van der Waals surface area contributed by atoms with Crippen molar-refractivity contribution in [1.29, 1.82) is 0 Å². The highest BCUT2D eigenvalue weighted by Gasteiger charge is 2.18. The van der Waals surface area contributed by atoms with Crippen LogP contribution in [0.4, 0.5) is 0 Å². The minimum atomic E-state index is -0.856. The number of allylic oxidation sites excluding steroid dienone is 7. The van der Waals surface area contributed by atoms with Crippen LogP contribution in [0.5, 0.6) is 0 Å². The summed E-state index contributed by atoms with van der Waals surface area (Å²) in [5, 5.41) is 23.1. The molecule has 0 heterocycles. The molecule has 404 valence electrons. The van der Waals surface area contributed by atoms with Gasteiger partial charge in [-0.05, 0) is 89.9 Å². The Kier molecular flexibility index (Phi) is 56.5. The smallest absolute Gasteiger partial charge is 0.305 e. The first kappa shape index (κ1) is 66.8. The number of nitrogens with one attached hydrogen (secondary N) is 1. The number of unbranched alkanes of at least 4 members (excludes halogenated alkanes) is 39. The number of aliphatic hydroxyl groups is 2. The average Bonchev–Trinajstić information content (AvgIpc) is 3.35. The van der Waals surface area contributed by atoms with E-state index in [1.807, 2.05) is 6.08 Å². The fraction of sp³-hybridized carbons (Fsp3) is 0.841. The van der Waals surface area contributed by atoms with Gasteiger partial charge in [0, 0.05) is 12.8 Å². The van der Waals surface area contributed by atoms with Gasteiger partial charge < -0.3 is 20.3 Å². The molecule has 0 spiro atoms. The first-order chi connectivity index (χ1) is 34.0. The summed E-state index contributed by atoms with van der Waals surface area (Å²) < 4.78 is 5.48. The molecule has 2 atom stereocenters. The molecule has 0 fully saturated rings. The molecule has 0 aliphatic heterocycles. The normalized spacial score (nSPS) is 12.9. The topological polar surface area (TPSA) is 95.9 Å². The molecule has 0 saturated heterocycles. The minimum Gasteiger partial charge on any atom is -0.466 e. The fourth-order valence-corrected chi connectivity index (χ4v) is 9.13. The number of aliphatic hydroxyl groups excluding tert-OH is 2. The number of rotatable bonds is 56. The van der Waals surface area contributed by atoms with Crippen molar-refractivity contribution in [2.45, 2.75) is 328 Å². The molecular formula is C63H117NO5. The molecule has 0 aliphatic carbocycles. The molecule has 0 saturated carbocycles. The van der Waals surface area contributed by atoms with Crippen LogP contribution in [0.1, 0.15) is 316 Å². The van der Waals surface area contributed by atoms with Crippen LogP contribution in [0.25, 0.3) is 0 Å². The largest absolute Gasteiger partial charge is 0.466 e. The summed E-state index contributed by atoms with van der Waals surface area (Å²) in [6.45, 7) is 4.86. The molecular weight excluding hydrogens is 851 g/mol. The zero-order valence-electron chi connectivity index (χ0n) is 46.0. The quantitative estimate of drug-likeness (QED) is 0.0321. The summed E-state index contributed by atoms with van der Waals surface area (Å²) in [6.07, 6.45) is 74.2. The second-order valence-electron chi connectivity index (χ2n) is 20.7. The van der Waals surface area contributed by atoms with E-state index in [4.69, 9.17) is 4.74 Å². The van der Waals surface area contributed by atoms with Crippen molar-refractivity contribution in [2.24, 2.45) is 0 Å². The van der Waals surface area contributed by atoms with Crippen LogP contribution in [0.2, 0.25) is 0 Å². The maximum Gasteiger partial charge on any atom is 0.305 e. The number of amides is 1. The standard InChI is InChI=1S/C63H117NO5/c1-3-5-7-9-11-13-15-17-19-21-22-24-29-33-37-41-45-49-53-57-63(68)69-58-54-50-46-42-38-34-30-26-25-28-32-36-40-44-48-52-56-62(67)64-60(59-65)61(66)55-51-47-43-39-35-31-27-23-20-18-16-14-12-10-8-6-4-2/h11,13,17,19,25,28,51,55,60-61,65-66H,3-10,12,14-16,18,20-24,26-27,29-50,52-54,56-59H2,1-2H3,(H,64,67)/b13-11-,19-17-,28-25-,55-51+. The monoisotopic (exact) mass is 968 g/mol. The Morgan fingerprint density at radius 2 is 0.725 bits per heavy atom. The number of ether oxygens (including phenoxy) is 1. The first-order valence-electron chi connectivity index (χ1n) is 30.4. The Labute approximate surface area is 429 Å². The zero-order chi connectivity index (χ0) is 50.0. The van der Waals surface area contributed by atoms with E-state index >= 15 is 0 Å². The molecule has 0 aromatic heterocycles. The zero-order valence-corrected chi connectivity index (χ0v) is 46.0. The number of carbonyl (C=O) groups is 2. The third kappa shape index (κ3) is 55.0. The lowest BCUT2D eigenvalue weighted by molar-refractivity contribution is -0.143. The summed E-state index contributed by atoms with van der Waals surface area (Å²) in [7, 11) is 0. The molecule has 0 radical (unpaired) electrons. The van der Waals surface area contributed by atoms with Gasteiger partial charge in [0.05, 0.1) is 25.4 Å². The summed E-state index contributed by atoms with van der Waals surface area (Å²) in [4.78, 5) is 24.6. The van der Waals surface area contributed by atoms with Gasteiger partial charge in [-0.2, -0.15) is 0 Å². The van der Waals surface area contributed by atoms with Crippen LogP contribution in [-0.2, 0) is 14.3 Å². The van der Waals surface area contributed by atoms with Crippen molar-refractivity contribution in [3.8, 4) is 0 Å². The minimum absolute atomic E-state index is 0.00783. The second kappa shape index (κ2) is 58.4. The lowest BCUT2D eigenvalue weighted by atomic mass is 10.0. The van der Waals surface area contributed by atoms with E-state index < -0.39 is 12.1 Å². The van der Waals surface area contributed by atoms with E-state index in [1.165, 1.54) is 218 Å². The van der Waals surface area contributed by atoms with Gasteiger partial charge in [0.2, 0.25) is 5.91 Å². The van der Waals surface area contributed by atoms with Gasteiger partial charge in [-0.25, -0.2) is 0 Å².